The van der Waals surface area contributed by atoms with E-state index in [9.17, 15) is 72.9 Å². The van der Waals surface area contributed by atoms with Crippen LogP contribution in [0, 0.1) is 59.6 Å². The topological polar surface area (TPSA) is 510 Å². The minimum Gasteiger partial charge on any atom is -0.412 e. The number of primary amides is 1. The monoisotopic (exact) mass is 2510 g/mol. The third kappa shape index (κ3) is 27.0. The van der Waals surface area contributed by atoms with E-state index in [2.05, 4.69) is 73.5 Å². The number of ketones is 1. The fraction of sp³-hybridized carbons (Fsp3) is 0.333. The predicted octanol–water partition coefficient (Wildman–Crippen LogP) is 12.4. The summed E-state index contributed by atoms with van der Waals surface area (Å²) in [6.45, 7) is 4.89. The molecule has 15 N–H and O–H groups in total. The number of hydrogen-bond donors (Lipinski definition) is 10. The number of aromatic amines is 5. The van der Waals surface area contributed by atoms with Gasteiger partial charge >= 0.3 is 22.8 Å². The molecular weight excluding hydrogens is 2400 g/mol. The molecule has 8 aliphatic carbocycles. The van der Waals surface area contributed by atoms with E-state index in [1.54, 1.807) is 94.0 Å². The molecule has 0 aliphatic heterocycles. The Bertz CT molecular complexity index is 6880. The van der Waals surface area contributed by atoms with Gasteiger partial charge in [0.25, 0.3) is 45.7 Å². The van der Waals surface area contributed by atoms with Gasteiger partial charge in [-0.2, -0.15) is 4.57 Å². The minimum absolute atomic E-state index is 0. The highest BCUT2D eigenvalue weighted by atomic mass is 127. The number of aliphatic hydroxyl groups is 3. The Kier molecular flexibility index (Phi) is 39.5. The lowest BCUT2D eigenvalue weighted by atomic mass is 10.0. The van der Waals surface area contributed by atoms with Crippen LogP contribution in [-0.2, 0) is 77.7 Å². The zero-order valence-electron chi connectivity index (χ0n) is 76.8. The third-order valence-electron chi connectivity index (χ3n) is 27.4. The maximum absolute atomic E-state index is 13.6. The van der Waals surface area contributed by atoms with E-state index in [-0.39, 0.29) is 126 Å². The number of carbonyl (C=O) groups is 4. The Morgan fingerprint density at radius 3 is 1.20 bits per heavy atom. The van der Waals surface area contributed by atoms with Crippen molar-refractivity contribution >= 4 is 136 Å². The van der Waals surface area contributed by atoms with Crippen LogP contribution in [-0.4, -0.2) is 151 Å². The molecule has 0 spiro atoms. The van der Waals surface area contributed by atoms with Crippen molar-refractivity contribution in [2.75, 3.05) is 26.4 Å². The lowest BCUT2D eigenvalue weighted by Crippen LogP contribution is -2.42. The molecule has 8 aliphatic rings. The summed E-state index contributed by atoms with van der Waals surface area (Å²) in [5.41, 5.74) is 8.39. The molecule has 16 atom stereocenters. The van der Waals surface area contributed by atoms with Gasteiger partial charge < -0.3 is 76.0 Å². The quantitative estimate of drug-likeness (QED) is 0.00865. The highest BCUT2D eigenvalue weighted by molar-refractivity contribution is 14.1. The largest absolute Gasteiger partial charge is 0.412 e. The van der Waals surface area contributed by atoms with Gasteiger partial charge in [0.15, 0.2) is 0 Å². The molecule has 38 heteroatoms. The van der Waals surface area contributed by atoms with Crippen molar-refractivity contribution in [3.05, 3.63) is 419 Å². The van der Waals surface area contributed by atoms with E-state index >= 15 is 0 Å². The summed E-state index contributed by atoms with van der Waals surface area (Å²) in [4.78, 5) is 155. The molecule has 2 amide bonds. The molecule has 8 saturated carbocycles. The number of H-pyrrole nitrogens is 5. The number of halogens is 5. The summed E-state index contributed by atoms with van der Waals surface area (Å²) < 4.78 is 43.1. The summed E-state index contributed by atoms with van der Waals surface area (Å²) in [7, 11) is 0. The number of rotatable bonds is 30. The Morgan fingerprint density at radius 2 is 0.790 bits per heavy atom. The van der Waals surface area contributed by atoms with Gasteiger partial charge in [0.05, 0.1) is 114 Å². The van der Waals surface area contributed by atoms with Gasteiger partial charge in [0, 0.05) is 88.3 Å². The summed E-state index contributed by atoms with van der Waals surface area (Å²) in [6, 6.07) is 76.8. The second-order valence-electron chi connectivity index (χ2n) is 36.1. The Balaban J connectivity index is 0.000000160. The van der Waals surface area contributed by atoms with Crippen LogP contribution in [0.1, 0.15) is 125 Å². The number of nitrogens with two attached hydrogens (primary N) is 1. The predicted molar refractivity (Wildman–Crippen MR) is 578 cm³/mol. The molecule has 0 radical (unpaired) electrons. The standard InChI is InChI=1S/C32H31IN2O5.C25H25IN2O4.C21H24O3.C11H13IN2O4.C11H7IN2O3.C4H3IN2O2.CH4.H3N.H2O/c33-26(30(34)37)18-35(31(38)29(36)24-14-8-3-9-15-24)27-16-28(40-20-23-12-6-2-7-13-23)32(17-25(27)32)21-39-19-22-10-4-1-5-11-22;26-20-13-28(24(30)27-23(20)29)21-11-22(32-15-18-9-5-2-6-10-18)25(12-19(21)25)16-31-14-17-7-3-1-4-8-17;22-19-11-20(24-14-17-9-5-2-6-10-17)21(12-18(19)21)15-23-13-16-7-3-1-4-8-16;12-6-3-14(10(18)13-9(6)17)7-1-8(16)11(4-15)2-5(7)11;12-8-6-13-11(17)14(10(8)16)9(15)7-4-2-1-3-5-7;5-2-1-6-4(9)7-3(2)8;;;/h1-15,18,25,27-28H,16-17,19-21H2,(H2,34,37);1-10,13,19,21-22H,11-12,14-16H2,(H,27,29,30);1-10,18-20,22H,11-15H2;3,5,7-8,15-16H,1-2,4H2,(H,13,17,18);1-6H,(H,13,17);1H,(H2,6,7,8,9);1H4;1H3;1H2/b26-18+;;;;;;;;/t25-,27+,28+,32-;19-,21+,22+,25+;18-,19-,20+,21-;5-,7+,8+,11-;;;;;/m1111...../s1. The number of amides is 2. The van der Waals surface area contributed by atoms with Crippen LogP contribution in [0.4, 0.5) is 0 Å². The first kappa shape index (κ1) is 111. The average molecular weight is 2510 g/mol. The number of nitrogens with one attached hydrogen (secondary N) is 5. The van der Waals surface area contributed by atoms with Crippen molar-refractivity contribution in [2.45, 2.75) is 147 Å². The van der Waals surface area contributed by atoms with Crippen molar-refractivity contribution in [2.24, 2.45) is 51.1 Å². The molecule has 0 saturated heterocycles. The normalized spacial score (nSPS) is 24.1. The zero-order chi connectivity index (χ0) is 99.0. The Hall–Kier alpha value is -10.3. The highest BCUT2D eigenvalue weighted by Gasteiger charge is 2.71. The van der Waals surface area contributed by atoms with Gasteiger partial charge in [-0.3, -0.25) is 62.4 Å². The Morgan fingerprint density at radius 1 is 0.434 bits per heavy atom. The number of fused-ring (bicyclic) bond motifs is 4. The molecule has 8 aromatic carbocycles. The number of aromatic nitrogens is 8. The molecule has 33 nitrogen and oxygen atoms in total. The second-order valence-corrected chi connectivity index (χ2v) is 41.9. The fourth-order valence-corrected chi connectivity index (χ4v) is 21.6. The summed E-state index contributed by atoms with van der Waals surface area (Å²) in [6.07, 6.45) is 12.3. The Labute approximate surface area is 890 Å². The van der Waals surface area contributed by atoms with Crippen molar-refractivity contribution in [3.63, 3.8) is 0 Å². The van der Waals surface area contributed by atoms with Crippen LogP contribution in [0.2, 0.25) is 0 Å². The smallest absolute Gasteiger partial charge is 0.335 e. The molecule has 0 unspecified atom stereocenters. The number of nitrogens with zero attached hydrogens (tertiary/aromatic N) is 4. The first-order valence-electron chi connectivity index (χ1n) is 45.5. The maximum Gasteiger partial charge on any atom is 0.335 e. The summed E-state index contributed by atoms with van der Waals surface area (Å²) in [5, 5.41) is 29.6. The first-order valence-corrected chi connectivity index (χ1v) is 50.9. The van der Waals surface area contributed by atoms with Gasteiger partial charge in [0.1, 0.15) is 0 Å². The van der Waals surface area contributed by atoms with Crippen LogP contribution >= 0.6 is 113 Å². The average Bonchev–Trinajstić information content (AvgIpc) is 1.49. The molecule has 143 heavy (non-hydrogen) atoms. The fourth-order valence-electron chi connectivity index (χ4n) is 19.7. The van der Waals surface area contributed by atoms with E-state index < -0.39 is 57.7 Å². The summed E-state index contributed by atoms with van der Waals surface area (Å²) in [5.74, 6) is -1.81. The van der Waals surface area contributed by atoms with Crippen molar-refractivity contribution in [3.8, 4) is 0 Å². The van der Waals surface area contributed by atoms with Gasteiger partial charge in [-0.15, -0.1) is 0 Å². The lowest BCUT2D eigenvalue weighted by molar-refractivity contribution is -0.126. The molecular formula is C105H112I5N11O22. The number of ether oxygens (including phenoxy) is 6. The summed E-state index contributed by atoms with van der Waals surface area (Å²) >= 11 is 9.26. The highest BCUT2D eigenvalue weighted by Crippen LogP contribution is 2.70. The number of hydrogen-bond acceptors (Lipinski definition) is 22. The van der Waals surface area contributed by atoms with Gasteiger partial charge in [0.2, 0.25) is 0 Å². The molecule has 20 rings (SSSR count). The molecule has 8 fully saturated rings. The van der Waals surface area contributed by atoms with Crippen LogP contribution in [0.25, 0.3) is 0 Å². The van der Waals surface area contributed by atoms with E-state index in [1.165, 1.54) is 45.4 Å². The molecule has 4 aromatic heterocycles. The molecule has 4 heterocycles. The van der Waals surface area contributed by atoms with Crippen molar-refractivity contribution in [1.29, 1.82) is 0 Å². The van der Waals surface area contributed by atoms with Gasteiger partial charge in [-0.05, 0) is 227 Å². The second kappa shape index (κ2) is 50.7. The van der Waals surface area contributed by atoms with Gasteiger partial charge in [-0.25, -0.2) is 19.2 Å². The number of carbonyl (C=O) groups excluding carboxylic acids is 4. The minimum atomic E-state index is -0.732. The number of aliphatic hydroxyl groups excluding tert-OH is 3. The zero-order valence-corrected chi connectivity index (χ0v) is 87.6. The molecule has 754 valence electrons. The third-order valence-corrected chi connectivity index (χ3v) is 31.3. The van der Waals surface area contributed by atoms with Crippen LogP contribution in [0.3, 0.4) is 0 Å². The van der Waals surface area contributed by atoms with Crippen LogP contribution in [0.15, 0.2) is 316 Å². The first-order chi connectivity index (χ1) is 67.5. The lowest BCUT2D eigenvalue weighted by Gasteiger charge is -2.28. The van der Waals surface area contributed by atoms with Gasteiger partial charge in [-0.1, -0.05) is 238 Å². The van der Waals surface area contributed by atoms with Crippen molar-refractivity contribution in [1.82, 2.24) is 49.7 Å². The van der Waals surface area contributed by atoms with E-state index in [4.69, 9.17) is 34.2 Å². The number of benzene rings is 8. The van der Waals surface area contributed by atoms with Crippen LogP contribution in [0.5, 0.6) is 0 Å². The van der Waals surface area contributed by atoms with Crippen LogP contribution < -0.4 is 56.9 Å². The molecule has 0 bridgehead atoms. The van der Waals surface area contributed by atoms with E-state index in [0.29, 0.717) is 111 Å². The number of Topliss-reactive ketones (excluding diaryl/α,β-unsaturated/α-hetero) is 1. The maximum atomic E-state index is 13.6. The molecule has 12 aromatic rings. The van der Waals surface area contributed by atoms with Crippen molar-refractivity contribution < 1.29 is 68.4 Å². The van der Waals surface area contributed by atoms with E-state index in [0.717, 1.165) is 60.8 Å². The van der Waals surface area contributed by atoms with E-state index in [1.807, 2.05) is 224 Å². The SMILES string of the molecule is C.N.NC(=O)/C(I)=C\N(C(=O)C(=O)c1ccccc1)[C@H]1C[C@H](OCc2ccccc2)[C@@]2(COCc3ccccc3)C[C@H]12.O.O=C(c1ccccc1)n1c(=O)[nH]cc(I)c1=O.O=c1[nH]c(=O)n([C@H]2C[C@H](O)[C@@]3(CO)C[C@H]23)cc1I.O=c1[nH]c(=O)n([C@H]2C[C@H](OCc3ccccc3)[C@]3(COCc4ccccc4)C[C@H]23)cc1I.O=c1[nH]cc(I)c(=O)[nH]1.O[C@@H]1C[C@H](OCc2ccccc2)[C@@]2(COCc3ccccc3)C[C@H]12.